The molecule has 3 aromatic rings. The Bertz CT molecular complexity index is 1330. The number of ether oxygens (including phenoxy) is 2. The number of halogens is 1. The first-order chi connectivity index (χ1) is 17.2. The number of nitrogens with one attached hydrogen (secondary N) is 1. The molecule has 0 aromatic heterocycles. The summed E-state index contributed by atoms with van der Waals surface area (Å²) < 4.78 is 37.0. The summed E-state index contributed by atoms with van der Waals surface area (Å²) in [7, 11) is -3.66. The number of aryl methyl sites for hydroxylation is 1. The maximum atomic E-state index is 12.4. The second-order valence-electron chi connectivity index (χ2n) is 7.96. The fourth-order valence-corrected chi connectivity index (χ4v) is 4.31. The fourth-order valence-electron chi connectivity index (χ4n) is 3.24. The molecule has 0 spiro atoms. The van der Waals surface area contributed by atoms with Crippen LogP contribution in [0.25, 0.3) is 0 Å². The highest BCUT2D eigenvalue weighted by Crippen LogP contribution is 2.29. The largest absolute Gasteiger partial charge is 0.490 e. The molecule has 0 fully saturated rings. The lowest BCUT2D eigenvalue weighted by atomic mass is 10.2. The molecule has 1 amide bonds. The highest BCUT2D eigenvalue weighted by molar-refractivity contribution is 7.92. The van der Waals surface area contributed by atoms with E-state index >= 15 is 0 Å². The number of nitrogens with zero attached hydrogens (tertiary/aromatic N) is 2. The standard InChI is InChI=1S/C26H28ClN3O5S/c1-4-34-25-15-20(10-13-24(25)35-18-21-6-5-7-22(27)14-21)16-28-29-26(31)17-30(36(3,32)33)23-11-8-19(2)9-12-23/h5-16H,4,17-18H2,1-3H3,(H,29,31)/b28-16-. The lowest BCUT2D eigenvalue weighted by Gasteiger charge is -2.21. The number of sulfonamides is 1. The quantitative estimate of drug-likeness (QED) is 0.290. The van der Waals surface area contributed by atoms with Gasteiger partial charge in [-0.2, -0.15) is 5.10 Å². The normalized spacial score (nSPS) is 11.3. The Kier molecular flexibility index (Phi) is 9.32. The molecule has 0 aliphatic heterocycles. The second-order valence-corrected chi connectivity index (χ2v) is 10.3. The van der Waals surface area contributed by atoms with Crippen molar-refractivity contribution in [1.82, 2.24) is 5.43 Å². The van der Waals surface area contributed by atoms with Gasteiger partial charge in [-0.15, -0.1) is 0 Å². The molecular weight excluding hydrogens is 502 g/mol. The number of benzene rings is 3. The van der Waals surface area contributed by atoms with Gasteiger partial charge in [-0.25, -0.2) is 13.8 Å². The van der Waals surface area contributed by atoms with E-state index in [1.807, 2.05) is 32.0 Å². The molecule has 0 aliphatic carbocycles. The topological polar surface area (TPSA) is 97.3 Å². The summed E-state index contributed by atoms with van der Waals surface area (Å²) in [5.74, 6) is 0.501. The van der Waals surface area contributed by atoms with Gasteiger partial charge in [0.1, 0.15) is 13.2 Å². The van der Waals surface area contributed by atoms with Gasteiger partial charge in [0.25, 0.3) is 5.91 Å². The number of anilines is 1. The zero-order chi connectivity index (χ0) is 26.1. The highest BCUT2D eigenvalue weighted by atomic mass is 35.5. The maximum Gasteiger partial charge on any atom is 0.260 e. The van der Waals surface area contributed by atoms with Crippen molar-refractivity contribution in [2.24, 2.45) is 5.10 Å². The summed E-state index contributed by atoms with van der Waals surface area (Å²) in [6.45, 7) is 4.11. The van der Waals surface area contributed by atoms with Crippen LogP contribution in [0.1, 0.15) is 23.6 Å². The van der Waals surface area contributed by atoms with E-state index in [9.17, 15) is 13.2 Å². The van der Waals surface area contributed by atoms with Crippen LogP contribution in [0.5, 0.6) is 11.5 Å². The second kappa shape index (κ2) is 12.4. The molecule has 10 heteroatoms. The first-order valence-electron chi connectivity index (χ1n) is 11.2. The molecule has 0 heterocycles. The van der Waals surface area contributed by atoms with Crippen LogP contribution in [0.3, 0.4) is 0 Å². The molecule has 0 radical (unpaired) electrons. The lowest BCUT2D eigenvalue weighted by molar-refractivity contribution is -0.119. The van der Waals surface area contributed by atoms with Gasteiger partial charge in [0.05, 0.1) is 24.8 Å². The smallest absolute Gasteiger partial charge is 0.260 e. The predicted octanol–water partition coefficient (Wildman–Crippen LogP) is 4.54. The third-order valence-electron chi connectivity index (χ3n) is 4.96. The van der Waals surface area contributed by atoms with E-state index in [2.05, 4.69) is 10.5 Å². The number of carbonyl (C=O) groups is 1. The average molecular weight is 530 g/mol. The van der Waals surface area contributed by atoms with Gasteiger partial charge < -0.3 is 9.47 Å². The number of amides is 1. The first kappa shape index (κ1) is 27.0. The molecule has 8 nitrogen and oxygen atoms in total. The molecular formula is C26H28ClN3O5S. The SMILES string of the molecule is CCOc1cc(/C=N\NC(=O)CN(c2ccc(C)cc2)S(C)(=O)=O)ccc1OCc1cccc(Cl)c1. The first-order valence-corrected chi connectivity index (χ1v) is 13.4. The Morgan fingerprint density at radius 3 is 2.47 bits per heavy atom. The number of hydrogen-bond donors (Lipinski definition) is 1. The van der Waals surface area contributed by atoms with Gasteiger partial charge in [0.15, 0.2) is 11.5 Å². The van der Waals surface area contributed by atoms with Crippen molar-refractivity contribution in [2.45, 2.75) is 20.5 Å². The van der Waals surface area contributed by atoms with Crippen molar-refractivity contribution < 1.29 is 22.7 Å². The van der Waals surface area contributed by atoms with Crippen LogP contribution in [-0.4, -0.2) is 39.9 Å². The Labute approximate surface area is 216 Å². The Hall–Kier alpha value is -3.56. The van der Waals surface area contributed by atoms with E-state index in [-0.39, 0.29) is 0 Å². The van der Waals surface area contributed by atoms with Gasteiger partial charge in [0, 0.05) is 5.02 Å². The summed E-state index contributed by atoms with van der Waals surface area (Å²) >= 11 is 6.03. The number of carbonyl (C=O) groups excluding carboxylic acids is 1. The van der Waals surface area contributed by atoms with E-state index in [1.54, 1.807) is 48.5 Å². The van der Waals surface area contributed by atoms with Crippen LogP contribution in [0.2, 0.25) is 5.02 Å². The summed E-state index contributed by atoms with van der Waals surface area (Å²) in [4.78, 5) is 12.4. The van der Waals surface area contributed by atoms with Gasteiger partial charge >= 0.3 is 0 Å². The van der Waals surface area contributed by atoms with Gasteiger partial charge in [0.2, 0.25) is 10.0 Å². The molecule has 190 valence electrons. The van der Waals surface area contributed by atoms with Crippen molar-refractivity contribution >= 4 is 39.4 Å². The van der Waals surface area contributed by atoms with Crippen molar-refractivity contribution in [3.63, 3.8) is 0 Å². The van der Waals surface area contributed by atoms with E-state index in [4.69, 9.17) is 21.1 Å². The summed E-state index contributed by atoms with van der Waals surface area (Å²) in [6.07, 6.45) is 2.49. The lowest BCUT2D eigenvalue weighted by Crippen LogP contribution is -2.39. The molecule has 0 atom stereocenters. The number of hydrazone groups is 1. The zero-order valence-electron chi connectivity index (χ0n) is 20.3. The Morgan fingerprint density at radius 2 is 1.81 bits per heavy atom. The molecule has 0 unspecified atom stereocenters. The molecule has 3 rings (SSSR count). The maximum absolute atomic E-state index is 12.4. The van der Waals surface area contributed by atoms with E-state index < -0.39 is 22.5 Å². The van der Waals surface area contributed by atoms with Crippen molar-refractivity contribution in [1.29, 1.82) is 0 Å². The summed E-state index contributed by atoms with van der Waals surface area (Å²) in [5, 5.41) is 4.59. The molecule has 0 bridgehead atoms. The number of hydrogen-bond acceptors (Lipinski definition) is 6. The van der Waals surface area contributed by atoms with Crippen molar-refractivity contribution in [2.75, 3.05) is 23.7 Å². The highest BCUT2D eigenvalue weighted by Gasteiger charge is 2.20. The van der Waals surface area contributed by atoms with Crippen LogP contribution < -0.4 is 19.2 Å². The monoisotopic (exact) mass is 529 g/mol. The van der Waals surface area contributed by atoms with Crippen LogP contribution in [-0.2, 0) is 21.4 Å². The molecule has 0 aliphatic rings. The van der Waals surface area contributed by atoms with Crippen LogP contribution in [0.4, 0.5) is 5.69 Å². The fraction of sp³-hybridized carbons (Fsp3) is 0.231. The third kappa shape index (κ3) is 8.00. The van der Waals surface area contributed by atoms with Gasteiger partial charge in [-0.05, 0) is 67.4 Å². The van der Waals surface area contributed by atoms with Crippen molar-refractivity contribution in [3.05, 3.63) is 88.4 Å². The summed E-state index contributed by atoms with van der Waals surface area (Å²) in [5.41, 5.74) is 5.34. The van der Waals surface area contributed by atoms with Crippen LogP contribution in [0, 0.1) is 6.92 Å². The average Bonchev–Trinajstić information content (AvgIpc) is 2.82. The zero-order valence-corrected chi connectivity index (χ0v) is 21.8. The molecule has 0 saturated carbocycles. The Morgan fingerprint density at radius 1 is 1.06 bits per heavy atom. The molecule has 36 heavy (non-hydrogen) atoms. The molecule has 0 saturated heterocycles. The van der Waals surface area contributed by atoms with E-state index in [0.29, 0.717) is 41.0 Å². The minimum Gasteiger partial charge on any atom is -0.490 e. The number of rotatable bonds is 11. The predicted molar refractivity (Wildman–Crippen MR) is 143 cm³/mol. The third-order valence-corrected chi connectivity index (χ3v) is 6.34. The van der Waals surface area contributed by atoms with Crippen LogP contribution >= 0.6 is 11.6 Å². The minimum atomic E-state index is -3.66. The van der Waals surface area contributed by atoms with Crippen molar-refractivity contribution in [3.8, 4) is 11.5 Å². The van der Waals surface area contributed by atoms with Gasteiger partial charge in [-0.3, -0.25) is 9.10 Å². The van der Waals surface area contributed by atoms with Crippen LogP contribution in [0.15, 0.2) is 71.8 Å². The van der Waals surface area contributed by atoms with E-state index in [1.165, 1.54) is 6.21 Å². The summed E-state index contributed by atoms with van der Waals surface area (Å²) in [6, 6.07) is 19.5. The minimum absolute atomic E-state index is 0.321. The molecule has 1 N–H and O–H groups in total. The Balaban J connectivity index is 1.65. The van der Waals surface area contributed by atoms with E-state index in [0.717, 1.165) is 21.7 Å². The van der Waals surface area contributed by atoms with Gasteiger partial charge in [-0.1, -0.05) is 41.4 Å². The molecule has 3 aromatic carbocycles.